The Labute approximate surface area is 521 Å². The first kappa shape index (κ1) is 50.4. The Hall–Kier alpha value is -10.7. The summed E-state index contributed by atoms with van der Waals surface area (Å²) in [5.74, 6) is 0. The molecule has 0 aromatic heterocycles. The van der Waals surface area contributed by atoms with E-state index in [0.717, 1.165) is 0 Å². The second-order valence-corrected chi connectivity index (χ2v) is 32.1. The van der Waals surface area contributed by atoms with Crippen LogP contribution in [-0.2, 0) is 5.41 Å². The van der Waals surface area contributed by atoms with E-state index in [2.05, 4.69) is 340 Å². The molecule has 0 saturated carbocycles. The molecule has 2 aliphatic carbocycles. The summed E-state index contributed by atoms with van der Waals surface area (Å²) in [7, 11) is -5.67. The maximum absolute atomic E-state index is 2.83. The van der Waals surface area contributed by atoms with Gasteiger partial charge in [-0.1, -0.05) is 334 Å². The minimum absolute atomic E-state index is 0.570. The molecule has 0 saturated heterocycles. The van der Waals surface area contributed by atoms with Crippen molar-refractivity contribution in [3.63, 3.8) is 0 Å². The lowest BCUT2D eigenvalue weighted by molar-refractivity contribution is 0.796. The first-order valence-electron chi connectivity index (χ1n) is 31.3. The highest BCUT2D eigenvalue weighted by atomic mass is 28.3. The highest BCUT2D eigenvalue weighted by Gasteiger charge is 2.54. The van der Waals surface area contributed by atoms with E-state index < -0.39 is 21.6 Å². The first-order chi connectivity index (χ1) is 44.2. The number of fused-ring (bicyclic) bond motifs is 18. The molecule has 15 aromatic carbocycles. The lowest BCUT2D eigenvalue weighted by atomic mass is 9.68. The molecule has 0 N–H and O–H groups in total. The molecule has 1 spiro atoms. The predicted octanol–water partition coefficient (Wildman–Crippen LogP) is 16.1. The molecule has 89 heavy (non-hydrogen) atoms. The van der Waals surface area contributed by atoms with Gasteiger partial charge >= 0.3 is 0 Å². The average molecular weight is 1160 g/mol. The van der Waals surface area contributed by atoms with Crippen molar-refractivity contribution in [1.29, 1.82) is 0 Å². The number of rotatable bonds is 7. The standard InChI is InChI=1S/C87H56Si2/c1-5-28-57(29-6-1)88(58-30-7-2-8-31-58)79-52-21-16-39-71(79)84-66(45-26-54-81(84)88)61-41-23-43-68-74(61)56-75-62(67-46-27-55-82-85(67)72-40-17-22-53-80(72)89(82,59-32-9-3-10-33-59)60-34-11-4-12-35-60)42-24-44-69(75)83(68)73-48-25-47-70-65-38-15-20-51-78(65)87(86(70)73)76-49-18-13-36-63(76)64-37-14-19-50-77(64)87/h1-56H. The van der Waals surface area contributed by atoms with Crippen molar-refractivity contribution in [2.45, 2.75) is 5.41 Å². The van der Waals surface area contributed by atoms with Gasteiger partial charge in [-0.15, -0.1) is 0 Å². The van der Waals surface area contributed by atoms with Crippen LogP contribution in [0, 0.1) is 0 Å². The molecule has 412 valence electrons. The second-order valence-electron chi connectivity index (χ2n) is 24.7. The zero-order chi connectivity index (χ0) is 58.4. The quantitative estimate of drug-likeness (QED) is 0.110. The van der Waals surface area contributed by atoms with Crippen LogP contribution in [-0.4, -0.2) is 16.1 Å². The molecule has 2 heterocycles. The zero-order valence-corrected chi connectivity index (χ0v) is 50.8. The van der Waals surface area contributed by atoms with E-state index in [1.807, 2.05) is 0 Å². The van der Waals surface area contributed by atoms with Crippen molar-refractivity contribution in [1.82, 2.24) is 0 Å². The first-order valence-corrected chi connectivity index (χ1v) is 35.3. The van der Waals surface area contributed by atoms with Crippen molar-refractivity contribution < 1.29 is 0 Å². The molecule has 0 atom stereocenters. The van der Waals surface area contributed by atoms with Gasteiger partial charge < -0.3 is 0 Å². The molecule has 0 nitrogen and oxygen atoms in total. The fourth-order valence-corrected chi connectivity index (χ4v) is 28.1. The lowest BCUT2D eigenvalue weighted by Gasteiger charge is -2.33. The van der Waals surface area contributed by atoms with E-state index >= 15 is 0 Å². The summed E-state index contributed by atoms with van der Waals surface area (Å²) in [5, 5.41) is 16.3. The van der Waals surface area contributed by atoms with Crippen LogP contribution in [0.3, 0.4) is 0 Å². The topological polar surface area (TPSA) is 0 Å². The van der Waals surface area contributed by atoms with Crippen molar-refractivity contribution in [3.05, 3.63) is 362 Å². The van der Waals surface area contributed by atoms with Crippen LogP contribution < -0.4 is 41.5 Å². The van der Waals surface area contributed by atoms with Gasteiger partial charge in [-0.05, 0) is 169 Å². The average Bonchev–Trinajstić information content (AvgIpc) is 1.54. The molecule has 4 aliphatic rings. The van der Waals surface area contributed by atoms with E-state index in [1.54, 1.807) is 0 Å². The zero-order valence-electron chi connectivity index (χ0n) is 48.8. The summed E-state index contributed by atoms with van der Waals surface area (Å²) in [6.07, 6.45) is 0. The van der Waals surface area contributed by atoms with Crippen LogP contribution in [0.25, 0.3) is 99.4 Å². The van der Waals surface area contributed by atoms with Gasteiger partial charge in [0.05, 0.1) is 5.41 Å². The Balaban J connectivity index is 0.958. The number of hydrogen-bond acceptors (Lipinski definition) is 0. The third-order valence-corrected chi connectivity index (χ3v) is 30.6. The minimum atomic E-state index is -2.83. The summed E-state index contributed by atoms with van der Waals surface area (Å²) < 4.78 is 0. The van der Waals surface area contributed by atoms with Crippen molar-refractivity contribution in [2.24, 2.45) is 0 Å². The molecular weight excluding hydrogens is 1100 g/mol. The van der Waals surface area contributed by atoms with Gasteiger partial charge in [0, 0.05) is 0 Å². The Morgan fingerprint density at radius 2 is 0.472 bits per heavy atom. The third kappa shape index (κ3) is 6.56. The molecule has 2 aliphatic heterocycles. The lowest BCUT2D eigenvalue weighted by Crippen LogP contribution is -2.72. The third-order valence-electron chi connectivity index (χ3n) is 20.9. The van der Waals surface area contributed by atoms with Crippen LogP contribution in [0.2, 0.25) is 0 Å². The molecule has 0 unspecified atom stereocenters. The fraction of sp³-hybridized carbons (Fsp3) is 0.0115. The van der Waals surface area contributed by atoms with Gasteiger partial charge in [-0.3, -0.25) is 0 Å². The number of hydrogen-bond donors (Lipinski definition) is 0. The number of benzene rings is 15. The Morgan fingerprint density at radius 3 is 0.899 bits per heavy atom. The molecule has 2 heteroatoms. The molecule has 19 rings (SSSR count). The van der Waals surface area contributed by atoms with Crippen LogP contribution in [0.1, 0.15) is 22.3 Å². The monoisotopic (exact) mass is 1160 g/mol. The van der Waals surface area contributed by atoms with E-state index in [4.69, 9.17) is 0 Å². The van der Waals surface area contributed by atoms with Gasteiger partial charge in [0.2, 0.25) is 0 Å². The fourth-order valence-electron chi connectivity index (χ4n) is 17.7. The molecule has 0 fully saturated rings. The summed E-state index contributed by atoms with van der Waals surface area (Å²) in [5.41, 5.74) is 22.9. The predicted molar refractivity (Wildman–Crippen MR) is 379 cm³/mol. The van der Waals surface area contributed by atoms with Crippen molar-refractivity contribution in [3.8, 4) is 77.9 Å². The SMILES string of the molecule is c1ccc([Si]2(c3ccccc3)c3ccccc3-c3c(-c4cccc5c(-c6cccc7c6C6(c8ccccc8-c8ccccc86)c6ccccc6-7)c6cccc(-c7cccc8c7-c7ccccc7[Si]8(c7ccccc7)c7ccccc7)c6cc45)cccc32)cc1. The van der Waals surface area contributed by atoms with Crippen LogP contribution in [0.5, 0.6) is 0 Å². The van der Waals surface area contributed by atoms with Gasteiger partial charge in [-0.25, -0.2) is 0 Å². The highest BCUT2D eigenvalue weighted by Crippen LogP contribution is 2.65. The largest absolute Gasteiger partial charge is 0.180 e. The van der Waals surface area contributed by atoms with Gasteiger partial charge in [0.25, 0.3) is 0 Å². The summed E-state index contributed by atoms with van der Waals surface area (Å²) in [6, 6.07) is 131. The summed E-state index contributed by atoms with van der Waals surface area (Å²) in [6.45, 7) is 0. The van der Waals surface area contributed by atoms with E-state index in [0.29, 0.717) is 0 Å². The molecule has 15 aromatic rings. The Morgan fingerprint density at radius 1 is 0.180 bits per heavy atom. The van der Waals surface area contributed by atoms with Crippen molar-refractivity contribution >= 4 is 79.2 Å². The van der Waals surface area contributed by atoms with Crippen LogP contribution >= 0.6 is 0 Å². The minimum Gasteiger partial charge on any atom is -0.0623 e. The maximum atomic E-state index is 2.60. The van der Waals surface area contributed by atoms with E-state index in [9.17, 15) is 0 Å². The molecule has 0 amide bonds. The van der Waals surface area contributed by atoms with E-state index in [1.165, 1.54) is 163 Å². The van der Waals surface area contributed by atoms with E-state index in [-0.39, 0.29) is 0 Å². The smallest absolute Gasteiger partial charge is 0.0623 e. The molecular formula is C87H56Si2. The van der Waals surface area contributed by atoms with Gasteiger partial charge in [0.1, 0.15) is 0 Å². The summed E-state index contributed by atoms with van der Waals surface area (Å²) >= 11 is 0. The van der Waals surface area contributed by atoms with Crippen LogP contribution in [0.4, 0.5) is 0 Å². The Bertz CT molecular complexity index is 5050. The van der Waals surface area contributed by atoms with Crippen LogP contribution in [0.15, 0.2) is 340 Å². The van der Waals surface area contributed by atoms with Gasteiger partial charge in [0.15, 0.2) is 16.1 Å². The molecule has 0 radical (unpaired) electrons. The van der Waals surface area contributed by atoms with Gasteiger partial charge in [-0.2, -0.15) is 0 Å². The van der Waals surface area contributed by atoms with Crippen molar-refractivity contribution in [2.75, 3.05) is 0 Å². The summed E-state index contributed by atoms with van der Waals surface area (Å²) in [4.78, 5) is 0. The maximum Gasteiger partial charge on any atom is 0.180 e. The Kier molecular flexibility index (Phi) is 10.8. The second kappa shape index (κ2) is 19.1. The molecule has 0 bridgehead atoms. The normalized spacial score (nSPS) is 14.3. The highest BCUT2D eigenvalue weighted by molar-refractivity contribution is 7.23.